The van der Waals surface area contributed by atoms with Crippen molar-refractivity contribution in [3.05, 3.63) is 77.6 Å². The van der Waals surface area contributed by atoms with E-state index in [0.29, 0.717) is 41.7 Å². The fraction of sp³-hybridized carbons (Fsp3) is 0.250. The second-order valence-corrected chi connectivity index (χ2v) is 6.77. The van der Waals surface area contributed by atoms with Crippen LogP contribution in [-0.4, -0.2) is 24.6 Å². The summed E-state index contributed by atoms with van der Waals surface area (Å²) in [5.41, 5.74) is 2.65. The van der Waals surface area contributed by atoms with Crippen LogP contribution in [0.15, 0.2) is 60.7 Å². The molecule has 0 aliphatic rings. The number of anilines is 1. The molecule has 0 saturated carbocycles. The van der Waals surface area contributed by atoms with Crippen LogP contribution in [0.1, 0.15) is 35.1 Å². The Hall–Kier alpha value is -3.38. The highest BCUT2D eigenvalue weighted by Gasteiger charge is 2.11. The van der Waals surface area contributed by atoms with Crippen LogP contribution in [0.4, 0.5) is 5.69 Å². The van der Waals surface area contributed by atoms with Crippen LogP contribution in [-0.2, 0) is 11.3 Å². The van der Waals surface area contributed by atoms with Crippen molar-refractivity contribution in [3.63, 3.8) is 0 Å². The minimum absolute atomic E-state index is 0.210. The molecule has 0 bridgehead atoms. The number of aromatic nitrogens is 1. The van der Waals surface area contributed by atoms with Gasteiger partial charge in [0.1, 0.15) is 17.2 Å². The molecule has 1 heterocycles. The summed E-state index contributed by atoms with van der Waals surface area (Å²) in [5, 5.41) is 2.89. The summed E-state index contributed by atoms with van der Waals surface area (Å²) < 4.78 is 16.6. The summed E-state index contributed by atoms with van der Waals surface area (Å²) in [6.07, 6.45) is 0.950. The number of carbonyl (C=O) groups is 1. The van der Waals surface area contributed by atoms with Crippen LogP contribution in [0.3, 0.4) is 0 Å². The van der Waals surface area contributed by atoms with E-state index in [1.165, 1.54) is 0 Å². The second-order valence-electron chi connectivity index (χ2n) is 6.77. The standard InChI is InChI=1S/C24H26N2O4/c1-4-14-29-21-6-5-7-22(15-21)30-20-11-8-18(9-12-20)26-24(27)23-13-10-19(16-28-3)25-17(23)2/h5-13,15H,4,14,16H2,1-3H3,(H,26,27). The third-order valence-electron chi connectivity index (χ3n) is 4.31. The number of nitrogens with one attached hydrogen (secondary N) is 1. The van der Waals surface area contributed by atoms with E-state index in [9.17, 15) is 4.79 Å². The first kappa shape index (κ1) is 21.3. The highest BCUT2D eigenvalue weighted by atomic mass is 16.5. The maximum Gasteiger partial charge on any atom is 0.257 e. The first-order chi connectivity index (χ1) is 14.6. The van der Waals surface area contributed by atoms with E-state index in [1.54, 1.807) is 31.4 Å². The molecule has 0 fully saturated rings. The summed E-state index contributed by atoms with van der Waals surface area (Å²) in [6, 6.07) is 18.3. The first-order valence-corrected chi connectivity index (χ1v) is 9.86. The minimum atomic E-state index is -0.210. The molecule has 0 aliphatic heterocycles. The van der Waals surface area contributed by atoms with Crippen molar-refractivity contribution in [2.24, 2.45) is 0 Å². The lowest BCUT2D eigenvalue weighted by Gasteiger charge is -2.11. The Kier molecular flexibility index (Phi) is 7.40. The smallest absolute Gasteiger partial charge is 0.257 e. The van der Waals surface area contributed by atoms with E-state index >= 15 is 0 Å². The molecule has 0 spiro atoms. The zero-order chi connectivity index (χ0) is 21.3. The number of benzene rings is 2. The number of methoxy groups -OCH3 is 1. The van der Waals surface area contributed by atoms with Crippen molar-refractivity contribution in [1.82, 2.24) is 4.98 Å². The Morgan fingerprint density at radius 3 is 2.47 bits per heavy atom. The molecule has 0 atom stereocenters. The Balaban J connectivity index is 1.62. The predicted octanol–water partition coefficient (Wildman–Crippen LogP) is 5.37. The molecule has 3 rings (SSSR count). The fourth-order valence-electron chi connectivity index (χ4n) is 2.87. The van der Waals surface area contributed by atoms with Gasteiger partial charge >= 0.3 is 0 Å². The molecule has 0 unspecified atom stereocenters. The van der Waals surface area contributed by atoms with E-state index < -0.39 is 0 Å². The lowest BCUT2D eigenvalue weighted by atomic mass is 10.1. The van der Waals surface area contributed by atoms with E-state index in [-0.39, 0.29) is 5.91 Å². The number of carbonyl (C=O) groups excluding carboxylic acids is 1. The number of hydrogen-bond donors (Lipinski definition) is 1. The molecule has 0 aliphatic carbocycles. The van der Waals surface area contributed by atoms with Crippen molar-refractivity contribution in [3.8, 4) is 17.2 Å². The molecule has 0 radical (unpaired) electrons. The lowest BCUT2D eigenvalue weighted by Crippen LogP contribution is -2.14. The Labute approximate surface area is 176 Å². The van der Waals surface area contributed by atoms with Crippen molar-refractivity contribution in [1.29, 1.82) is 0 Å². The SMILES string of the molecule is CCCOc1cccc(Oc2ccc(NC(=O)c3ccc(COC)nc3C)cc2)c1. The Morgan fingerprint density at radius 2 is 1.77 bits per heavy atom. The summed E-state index contributed by atoms with van der Waals surface area (Å²) in [5.74, 6) is 1.93. The van der Waals surface area contributed by atoms with Gasteiger partial charge in [-0.05, 0) is 61.9 Å². The Bertz CT molecular complexity index is 987. The van der Waals surface area contributed by atoms with Crippen molar-refractivity contribution in [2.75, 3.05) is 19.0 Å². The van der Waals surface area contributed by atoms with Crippen molar-refractivity contribution < 1.29 is 19.0 Å². The van der Waals surface area contributed by atoms with Gasteiger partial charge in [0.15, 0.2) is 0 Å². The van der Waals surface area contributed by atoms with Crippen LogP contribution in [0.25, 0.3) is 0 Å². The lowest BCUT2D eigenvalue weighted by molar-refractivity contribution is 0.102. The third-order valence-corrected chi connectivity index (χ3v) is 4.31. The van der Waals surface area contributed by atoms with Crippen LogP contribution in [0, 0.1) is 6.92 Å². The van der Waals surface area contributed by atoms with Gasteiger partial charge < -0.3 is 19.5 Å². The number of hydrogen-bond acceptors (Lipinski definition) is 5. The van der Waals surface area contributed by atoms with E-state index in [4.69, 9.17) is 14.2 Å². The molecule has 0 saturated heterocycles. The number of rotatable bonds is 9. The van der Waals surface area contributed by atoms with Gasteiger partial charge in [0.05, 0.1) is 30.2 Å². The monoisotopic (exact) mass is 406 g/mol. The molecule has 6 nitrogen and oxygen atoms in total. The maximum atomic E-state index is 12.6. The molecule has 30 heavy (non-hydrogen) atoms. The summed E-state index contributed by atoms with van der Waals surface area (Å²) in [7, 11) is 1.61. The van der Waals surface area contributed by atoms with Crippen LogP contribution in [0.2, 0.25) is 0 Å². The molecule has 3 aromatic rings. The van der Waals surface area contributed by atoms with E-state index in [0.717, 1.165) is 17.9 Å². The zero-order valence-electron chi connectivity index (χ0n) is 17.5. The molecular weight excluding hydrogens is 380 g/mol. The van der Waals surface area contributed by atoms with E-state index in [1.807, 2.05) is 43.3 Å². The highest BCUT2D eigenvalue weighted by Crippen LogP contribution is 2.26. The number of nitrogens with zero attached hydrogens (tertiary/aromatic N) is 1. The predicted molar refractivity (Wildman–Crippen MR) is 116 cm³/mol. The number of ether oxygens (including phenoxy) is 3. The van der Waals surface area contributed by atoms with Gasteiger partial charge in [-0.25, -0.2) is 0 Å². The van der Waals surface area contributed by atoms with Gasteiger partial charge in [-0.15, -0.1) is 0 Å². The highest BCUT2D eigenvalue weighted by molar-refractivity contribution is 6.05. The van der Waals surface area contributed by atoms with Gasteiger partial charge in [-0.3, -0.25) is 9.78 Å². The van der Waals surface area contributed by atoms with Crippen LogP contribution in [0.5, 0.6) is 17.2 Å². The molecule has 1 amide bonds. The molecule has 2 aromatic carbocycles. The third kappa shape index (κ3) is 5.81. The van der Waals surface area contributed by atoms with Crippen molar-refractivity contribution >= 4 is 11.6 Å². The topological polar surface area (TPSA) is 69.7 Å². The van der Waals surface area contributed by atoms with Gasteiger partial charge in [0.2, 0.25) is 0 Å². The molecule has 156 valence electrons. The molecule has 1 aromatic heterocycles. The Morgan fingerprint density at radius 1 is 1.00 bits per heavy atom. The normalized spacial score (nSPS) is 10.5. The molecule has 6 heteroatoms. The number of aryl methyl sites for hydroxylation is 1. The summed E-state index contributed by atoms with van der Waals surface area (Å²) in [6.45, 7) is 4.96. The zero-order valence-corrected chi connectivity index (χ0v) is 17.5. The van der Waals surface area contributed by atoms with Crippen LogP contribution >= 0.6 is 0 Å². The fourth-order valence-corrected chi connectivity index (χ4v) is 2.87. The molecule has 1 N–H and O–H groups in total. The molecular formula is C24H26N2O4. The maximum absolute atomic E-state index is 12.6. The quantitative estimate of drug-likeness (QED) is 0.517. The van der Waals surface area contributed by atoms with Crippen LogP contribution < -0.4 is 14.8 Å². The summed E-state index contributed by atoms with van der Waals surface area (Å²) in [4.78, 5) is 17.0. The minimum Gasteiger partial charge on any atom is -0.493 e. The average molecular weight is 406 g/mol. The van der Waals surface area contributed by atoms with Crippen molar-refractivity contribution in [2.45, 2.75) is 26.9 Å². The van der Waals surface area contributed by atoms with Gasteiger partial charge in [0, 0.05) is 18.9 Å². The van der Waals surface area contributed by atoms with Gasteiger partial charge in [-0.1, -0.05) is 13.0 Å². The van der Waals surface area contributed by atoms with E-state index in [2.05, 4.69) is 17.2 Å². The summed E-state index contributed by atoms with van der Waals surface area (Å²) >= 11 is 0. The number of pyridine rings is 1. The van der Waals surface area contributed by atoms with Gasteiger partial charge in [-0.2, -0.15) is 0 Å². The van der Waals surface area contributed by atoms with Gasteiger partial charge in [0.25, 0.3) is 5.91 Å². The first-order valence-electron chi connectivity index (χ1n) is 9.86. The number of amides is 1. The largest absolute Gasteiger partial charge is 0.493 e. The second kappa shape index (κ2) is 10.4. The average Bonchev–Trinajstić information content (AvgIpc) is 2.74.